The molecule has 0 saturated heterocycles. The van der Waals surface area contributed by atoms with Gasteiger partial charge in [0.05, 0.1) is 27.7 Å². The highest BCUT2D eigenvalue weighted by molar-refractivity contribution is 5.85. The smallest absolute Gasteiger partial charge is 0.101 e. The third kappa shape index (κ3) is 9.51. The van der Waals surface area contributed by atoms with Crippen LogP contribution in [0.25, 0.3) is 0 Å². The first-order chi connectivity index (χ1) is 3.06. The molecule has 0 saturated carbocycles. The first kappa shape index (κ1) is 11.1. The monoisotopic (exact) mass is 140 g/mol. The summed E-state index contributed by atoms with van der Waals surface area (Å²) in [6.07, 6.45) is 0. The predicted octanol–water partition coefficient (Wildman–Crippen LogP) is 0.107. The molecule has 0 rings (SSSR count). The summed E-state index contributed by atoms with van der Waals surface area (Å²) in [4.78, 5) is 0. The van der Waals surface area contributed by atoms with Crippen LogP contribution >= 0.6 is 12.4 Å². The van der Waals surface area contributed by atoms with Gasteiger partial charge in [0.15, 0.2) is 0 Å². The van der Waals surface area contributed by atoms with Crippen LogP contribution in [-0.2, 0) is 0 Å². The Morgan fingerprint density at radius 1 is 1.25 bits per heavy atom. The van der Waals surface area contributed by atoms with Gasteiger partial charge in [-0.3, -0.25) is 0 Å². The molecule has 0 aliphatic heterocycles. The minimum Gasteiger partial charge on any atom is -0.391 e. The first-order valence-corrected chi connectivity index (χ1v) is 2.47. The van der Waals surface area contributed by atoms with E-state index in [1.165, 1.54) is 0 Å². The number of halogens is 1. The minimum atomic E-state index is 0. The van der Waals surface area contributed by atoms with Crippen molar-refractivity contribution in [2.75, 3.05) is 34.3 Å². The summed E-state index contributed by atoms with van der Waals surface area (Å²) in [5.41, 5.74) is 0. The summed E-state index contributed by atoms with van der Waals surface area (Å²) >= 11 is 0. The molecule has 0 aromatic heterocycles. The number of hydrogen-bond donors (Lipinski definition) is 1. The molecule has 0 amide bonds. The zero-order valence-electron chi connectivity index (χ0n) is 5.72. The number of likely N-dealkylation sites (N-methyl/N-ethyl adjacent to an activating group) is 1. The van der Waals surface area contributed by atoms with Crippen molar-refractivity contribution in [3.8, 4) is 0 Å². The maximum atomic E-state index is 8.39. The topological polar surface area (TPSA) is 20.2 Å². The average Bonchev–Trinajstić information content (AvgIpc) is 1.30. The molecule has 0 aliphatic carbocycles. The highest BCUT2D eigenvalue weighted by Crippen LogP contribution is 1.84. The molecule has 0 atom stereocenters. The molecule has 1 N–H and O–H groups in total. The highest BCUT2D eigenvalue weighted by atomic mass is 35.5. The minimum absolute atomic E-state index is 0. The average molecular weight is 141 g/mol. The molecule has 0 aliphatic rings. The van der Waals surface area contributed by atoms with Gasteiger partial charge >= 0.3 is 0 Å². The molecule has 0 heterocycles. The van der Waals surface area contributed by atoms with E-state index in [-0.39, 0.29) is 19.0 Å². The second-order valence-electron chi connectivity index (χ2n) is 2.74. The fourth-order valence-corrected chi connectivity index (χ4v) is 0.300. The molecular formula is C5H15ClNO+. The van der Waals surface area contributed by atoms with Crippen LogP contribution in [0.3, 0.4) is 0 Å². The van der Waals surface area contributed by atoms with Crippen molar-refractivity contribution in [3.05, 3.63) is 0 Å². The molecule has 0 fully saturated rings. The lowest BCUT2D eigenvalue weighted by molar-refractivity contribution is -0.870. The largest absolute Gasteiger partial charge is 0.391 e. The SMILES string of the molecule is C[N+](C)(C)CCO.Cl. The lowest BCUT2D eigenvalue weighted by Gasteiger charge is -2.21. The van der Waals surface area contributed by atoms with E-state index in [9.17, 15) is 0 Å². The molecule has 0 aromatic rings. The van der Waals surface area contributed by atoms with Crippen LogP contribution in [0, 0.1) is 0 Å². The Morgan fingerprint density at radius 2 is 1.62 bits per heavy atom. The Hall–Kier alpha value is 0.210. The third-order valence-electron chi connectivity index (χ3n) is 0.771. The maximum absolute atomic E-state index is 8.39. The summed E-state index contributed by atoms with van der Waals surface area (Å²) in [7, 11) is 6.16. The number of aliphatic hydroxyl groups excluding tert-OH is 1. The Labute approximate surface area is 57.1 Å². The number of rotatable bonds is 2. The van der Waals surface area contributed by atoms with Crippen LogP contribution in [0.2, 0.25) is 0 Å². The van der Waals surface area contributed by atoms with Crippen molar-refractivity contribution in [2.24, 2.45) is 0 Å². The van der Waals surface area contributed by atoms with Gasteiger partial charge in [0.2, 0.25) is 0 Å². The van der Waals surface area contributed by atoms with E-state index in [1.54, 1.807) is 0 Å². The van der Waals surface area contributed by atoms with Crippen molar-refractivity contribution >= 4 is 12.4 Å². The van der Waals surface area contributed by atoms with Crippen molar-refractivity contribution in [1.29, 1.82) is 0 Å². The third-order valence-corrected chi connectivity index (χ3v) is 0.771. The van der Waals surface area contributed by atoms with E-state index in [1.807, 2.05) is 0 Å². The van der Waals surface area contributed by atoms with Crippen molar-refractivity contribution < 1.29 is 9.59 Å². The van der Waals surface area contributed by atoms with Gasteiger partial charge in [0.1, 0.15) is 6.54 Å². The molecule has 0 radical (unpaired) electrons. The number of nitrogens with zero attached hydrogens (tertiary/aromatic N) is 1. The van der Waals surface area contributed by atoms with Gasteiger partial charge in [0, 0.05) is 0 Å². The van der Waals surface area contributed by atoms with Crippen molar-refractivity contribution in [1.82, 2.24) is 0 Å². The van der Waals surface area contributed by atoms with Gasteiger partial charge in [-0.25, -0.2) is 0 Å². The highest BCUT2D eigenvalue weighted by Gasteiger charge is 2.02. The summed E-state index contributed by atoms with van der Waals surface area (Å²) in [6, 6.07) is 0. The predicted molar refractivity (Wildman–Crippen MR) is 37.2 cm³/mol. The summed E-state index contributed by atoms with van der Waals surface area (Å²) in [5, 5.41) is 8.39. The normalized spacial score (nSPS) is 10.5. The van der Waals surface area contributed by atoms with E-state index in [2.05, 4.69) is 21.1 Å². The lowest BCUT2D eigenvalue weighted by Crippen LogP contribution is -2.36. The van der Waals surface area contributed by atoms with Crippen molar-refractivity contribution in [2.45, 2.75) is 0 Å². The van der Waals surface area contributed by atoms with E-state index in [0.717, 1.165) is 11.0 Å². The van der Waals surface area contributed by atoms with Gasteiger partial charge in [0.25, 0.3) is 0 Å². The van der Waals surface area contributed by atoms with E-state index < -0.39 is 0 Å². The molecule has 0 bridgehead atoms. The van der Waals surface area contributed by atoms with Gasteiger partial charge < -0.3 is 9.59 Å². The second kappa shape index (κ2) is 4.13. The molecule has 2 nitrogen and oxygen atoms in total. The van der Waals surface area contributed by atoms with E-state index in [4.69, 9.17) is 5.11 Å². The summed E-state index contributed by atoms with van der Waals surface area (Å²) in [6.45, 7) is 1.11. The second-order valence-corrected chi connectivity index (χ2v) is 2.74. The fourth-order valence-electron chi connectivity index (χ4n) is 0.300. The molecule has 3 heteroatoms. The quantitative estimate of drug-likeness (QED) is 0.540. The molecule has 0 aromatic carbocycles. The number of hydrogen-bond acceptors (Lipinski definition) is 1. The van der Waals surface area contributed by atoms with E-state index in [0.29, 0.717) is 0 Å². The van der Waals surface area contributed by atoms with Crippen molar-refractivity contribution in [3.63, 3.8) is 0 Å². The number of aliphatic hydroxyl groups is 1. The first-order valence-electron chi connectivity index (χ1n) is 2.47. The van der Waals surface area contributed by atoms with Crippen LogP contribution in [0.1, 0.15) is 0 Å². The fraction of sp³-hybridized carbons (Fsp3) is 1.00. The molecule has 0 unspecified atom stereocenters. The van der Waals surface area contributed by atoms with E-state index >= 15 is 0 Å². The van der Waals surface area contributed by atoms with Crippen LogP contribution in [0.15, 0.2) is 0 Å². The van der Waals surface area contributed by atoms with Gasteiger partial charge in [-0.05, 0) is 0 Å². The summed E-state index contributed by atoms with van der Waals surface area (Å²) in [5.74, 6) is 0. The zero-order chi connectivity index (χ0) is 5.91. The van der Waals surface area contributed by atoms with Gasteiger partial charge in [-0.2, -0.15) is 0 Å². The lowest BCUT2D eigenvalue weighted by atomic mass is 10.5. The molecule has 52 valence electrons. The molecule has 8 heavy (non-hydrogen) atoms. The maximum Gasteiger partial charge on any atom is 0.101 e. The Bertz CT molecular complexity index is 50.9. The zero-order valence-corrected chi connectivity index (χ0v) is 6.53. The Morgan fingerprint density at radius 3 is 1.62 bits per heavy atom. The van der Waals surface area contributed by atoms with Gasteiger partial charge in [-0.1, -0.05) is 0 Å². The molecule has 0 spiro atoms. The standard InChI is InChI=1S/C5H14NO.ClH/c1-6(2,3)4-5-7;/h7H,4-5H2,1-3H3;1H/q+1;. The van der Waals surface area contributed by atoms with Crippen LogP contribution in [0.4, 0.5) is 0 Å². The van der Waals surface area contributed by atoms with Gasteiger partial charge in [-0.15, -0.1) is 12.4 Å². The number of quaternary nitrogens is 1. The van der Waals surface area contributed by atoms with Crippen LogP contribution < -0.4 is 0 Å². The summed E-state index contributed by atoms with van der Waals surface area (Å²) < 4.78 is 0.844. The molecular weight excluding hydrogens is 126 g/mol. The Kier molecular flexibility index (Phi) is 5.71. The van der Waals surface area contributed by atoms with Crippen LogP contribution in [0.5, 0.6) is 0 Å². The Balaban J connectivity index is 0. The van der Waals surface area contributed by atoms with Crippen LogP contribution in [-0.4, -0.2) is 43.9 Å².